The van der Waals surface area contributed by atoms with Gasteiger partial charge in [-0.15, -0.1) is 11.3 Å². The first kappa shape index (κ1) is 14.2. The molecule has 0 radical (unpaired) electrons. The lowest BCUT2D eigenvalue weighted by Gasteiger charge is -2.01. The summed E-state index contributed by atoms with van der Waals surface area (Å²) in [6.07, 6.45) is 0. The molecule has 3 aromatic rings. The van der Waals surface area contributed by atoms with E-state index in [9.17, 15) is 10.2 Å². The second kappa shape index (κ2) is 5.56. The van der Waals surface area contributed by atoms with Crippen LogP contribution in [0.4, 0.5) is 0 Å². The van der Waals surface area contributed by atoms with Gasteiger partial charge in [0.05, 0.1) is 5.69 Å². The predicted octanol–water partition coefficient (Wildman–Crippen LogP) is 5.20. The molecule has 2 N–H and O–H groups in total. The van der Waals surface area contributed by atoms with Gasteiger partial charge in [0.25, 0.3) is 0 Å². The molecule has 0 spiro atoms. The van der Waals surface area contributed by atoms with E-state index in [1.54, 1.807) is 24.3 Å². The van der Waals surface area contributed by atoms with E-state index in [-0.39, 0.29) is 11.5 Å². The molecule has 2 aromatic carbocycles. The van der Waals surface area contributed by atoms with E-state index in [0.29, 0.717) is 15.7 Å². The van der Waals surface area contributed by atoms with Crippen LogP contribution >= 0.6 is 34.5 Å². The number of aromatic nitrogens is 1. The van der Waals surface area contributed by atoms with E-state index >= 15 is 0 Å². The lowest BCUT2D eigenvalue weighted by Crippen LogP contribution is -1.81. The highest BCUT2D eigenvalue weighted by Crippen LogP contribution is 2.34. The Bertz CT molecular complexity index is 797. The molecule has 0 fully saturated rings. The lowest BCUT2D eigenvalue weighted by molar-refractivity contribution is 0.404. The molecular weight excluding hydrogens is 329 g/mol. The highest BCUT2D eigenvalue weighted by molar-refractivity contribution is 7.13. The van der Waals surface area contributed by atoms with Gasteiger partial charge in [-0.1, -0.05) is 23.2 Å². The van der Waals surface area contributed by atoms with Crippen molar-refractivity contribution in [3.05, 3.63) is 51.8 Å². The van der Waals surface area contributed by atoms with Crippen LogP contribution in [0, 0.1) is 0 Å². The Morgan fingerprint density at radius 3 is 2.24 bits per heavy atom. The maximum Gasteiger partial charge on any atom is 0.158 e. The fourth-order valence-corrected chi connectivity index (χ4v) is 3.24. The van der Waals surface area contributed by atoms with Crippen LogP contribution in [0.25, 0.3) is 21.8 Å². The van der Waals surface area contributed by atoms with Gasteiger partial charge in [0, 0.05) is 26.6 Å². The van der Waals surface area contributed by atoms with Crippen LogP contribution in [0.2, 0.25) is 10.0 Å². The van der Waals surface area contributed by atoms with Crippen LogP contribution in [0.5, 0.6) is 11.5 Å². The van der Waals surface area contributed by atoms with Crippen molar-refractivity contribution < 1.29 is 10.2 Å². The summed E-state index contributed by atoms with van der Waals surface area (Å²) in [5.41, 5.74) is 2.27. The fourth-order valence-electron chi connectivity index (χ4n) is 1.90. The van der Waals surface area contributed by atoms with Crippen molar-refractivity contribution >= 4 is 34.5 Å². The third kappa shape index (κ3) is 2.97. The Morgan fingerprint density at radius 2 is 1.57 bits per heavy atom. The van der Waals surface area contributed by atoms with Crippen molar-refractivity contribution in [1.82, 2.24) is 4.98 Å². The Hall–Kier alpha value is -1.75. The van der Waals surface area contributed by atoms with Gasteiger partial charge in [-0.2, -0.15) is 0 Å². The molecule has 0 aliphatic carbocycles. The Balaban J connectivity index is 2.01. The lowest BCUT2D eigenvalue weighted by atomic mass is 10.1. The van der Waals surface area contributed by atoms with Gasteiger partial charge in [-0.3, -0.25) is 0 Å². The number of phenolic OH excluding ortho intramolecular Hbond substituents is 2. The van der Waals surface area contributed by atoms with Gasteiger partial charge in [0.1, 0.15) is 5.01 Å². The summed E-state index contributed by atoms with van der Waals surface area (Å²) in [4.78, 5) is 4.51. The van der Waals surface area contributed by atoms with Crippen molar-refractivity contribution in [2.75, 3.05) is 0 Å². The van der Waals surface area contributed by atoms with E-state index in [1.807, 2.05) is 5.38 Å². The van der Waals surface area contributed by atoms with Gasteiger partial charge in [0.15, 0.2) is 11.5 Å². The normalized spacial score (nSPS) is 10.8. The maximum atomic E-state index is 9.55. The van der Waals surface area contributed by atoms with E-state index in [2.05, 4.69) is 4.98 Å². The Kier molecular flexibility index (Phi) is 3.76. The summed E-state index contributed by atoms with van der Waals surface area (Å²) in [7, 11) is 0. The molecule has 1 heterocycles. The maximum absolute atomic E-state index is 9.55. The third-order valence-electron chi connectivity index (χ3n) is 2.88. The van der Waals surface area contributed by atoms with Gasteiger partial charge >= 0.3 is 0 Å². The minimum atomic E-state index is -0.173. The molecule has 0 unspecified atom stereocenters. The number of hydrogen-bond donors (Lipinski definition) is 2. The molecule has 3 rings (SSSR count). The molecule has 0 aliphatic heterocycles. The predicted molar refractivity (Wildman–Crippen MR) is 86.3 cm³/mol. The number of halogens is 2. The van der Waals surface area contributed by atoms with Crippen molar-refractivity contribution in [1.29, 1.82) is 0 Å². The van der Waals surface area contributed by atoms with Crippen LogP contribution in [-0.4, -0.2) is 15.2 Å². The third-order valence-corrected chi connectivity index (χ3v) is 4.21. The summed E-state index contributed by atoms with van der Waals surface area (Å²) >= 11 is 13.4. The number of nitrogens with zero attached hydrogens (tertiary/aromatic N) is 1. The van der Waals surface area contributed by atoms with Crippen molar-refractivity contribution in [2.45, 2.75) is 0 Å². The SMILES string of the molecule is Oc1ccc(-c2csc(-c3cc(Cl)cc(Cl)c3)n2)cc1O. The summed E-state index contributed by atoms with van der Waals surface area (Å²) < 4.78 is 0. The van der Waals surface area contributed by atoms with E-state index in [1.165, 1.54) is 23.5 Å². The first-order valence-electron chi connectivity index (χ1n) is 5.97. The molecular formula is C15H9Cl2NO2S. The zero-order valence-corrected chi connectivity index (χ0v) is 12.9. The first-order chi connectivity index (χ1) is 10.0. The zero-order chi connectivity index (χ0) is 15.0. The zero-order valence-electron chi connectivity index (χ0n) is 10.5. The number of aromatic hydroxyl groups is 2. The average molecular weight is 338 g/mol. The first-order valence-corrected chi connectivity index (χ1v) is 7.61. The van der Waals surface area contributed by atoms with Crippen LogP contribution in [0.1, 0.15) is 0 Å². The number of thiazole rings is 1. The van der Waals surface area contributed by atoms with Gasteiger partial charge in [-0.05, 0) is 36.4 Å². The molecule has 0 saturated carbocycles. The molecule has 0 bridgehead atoms. The molecule has 6 heteroatoms. The molecule has 106 valence electrons. The van der Waals surface area contributed by atoms with E-state index in [0.717, 1.165) is 16.1 Å². The van der Waals surface area contributed by atoms with E-state index < -0.39 is 0 Å². The highest BCUT2D eigenvalue weighted by atomic mass is 35.5. The molecule has 0 aliphatic rings. The Morgan fingerprint density at radius 1 is 0.857 bits per heavy atom. The fraction of sp³-hybridized carbons (Fsp3) is 0. The molecule has 21 heavy (non-hydrogen) atoms. The van der Waals surface area contributed by atoms with E-state index in [4.69, 9.17) is 23.2 Å². The molecule has 3 nitrogen and oxygen atoms in total. The second-order valence-corrected chi connectivity index (χ2v) is 6.13. The standard InChI is InChI=1S/C15H9Cl2NO2S/c16-10-3-9(4-11(17)6-10)15-18-12(7-21-15)8-1-2-13(19)14(20)5-8/h1-7,19-20H. The smallest absolute Gasteiger partial charge is 0.158 e. The molecule has 0 saturated heterocycles. The Labute approximate surface area is 135 Å². The highest BCUT2D eigenvalue weighted by Gasteiger charge is 2.10. The molecule has 0 amide bonds. The number of phenols is 2. The van der Waals surface area contributed by atoms with Gasteiger partial charge in [0.2, 0.25) is 0 Å². The minimum Gasteiger partial charge on any atom is -0.504 e. The van der Waals surface area contributed by atoms with Crippen molar-refractivity contribution in [3.63, 3.8) is 0 Å². The molecule has 0 atom stereocenters. The van der Waals surface area contributed by atoms with Crippen molar-refractivity contribution in [3.8, 4) is 33.3 Å². The number of hydrogen-bond acceptors (Lipinski definition) is 4. The van der Waals surface area contributed by atoms with Crippen LogP contribution in [-0.2, 0) is 0 Å². The molecule has 1 aromatic heterocycles. The van der Waals surface area contributed by atoms with Crippen LogP contribution in [0.3, 0.4) is 0 Å². The summed E-state index contributed by atoms with van der Waals surface area (Å²) in [5, 5.41) is 22.6. The van der Waals surface area contributed by atoms with Crippen molar-refractivity contribution in [2.24, 2.45) is 0 Å². The van der Waals surface area contributed by atoms with Gasteiger partial charge < -0.3 is 10.2 Å². The minimum absolute atomic E-state index is 0.157. The van der Waals surface area contributed by atoms with Crippen LogP contribution < -0.4 is 0 Å². The van der Waals surface area contributed by atoms with Crippen LogP contribution in [0.15, 0.2) is 41.8 Å². The summed E-state index contributed by atoms with van der Waals surface area (Å²) in [6, 6.07) is 9.85. The summed E-state index contributed by atoms with van der Waals surface area (Å²) in [6.45, 7) is 0. The largest absolute Gasteiger partial charge is 0.504 e. The second-order valence-electron chi connectivity index (χ2n) is 4.40. The monoisotopic (exact) mass is 337 g/mol. The average Bonchev–Trinajstić information content (AvgIpc) is 2.90. The number of benzene rings is 2. The topological polar surface area (TPSA) is 53.4 Å². The number of rotatable bonds is 2. The summed E-state index contributed by atoms with van der Waals surface area (Å²) in [5.74, 6) is -0.330. The quantitative estimate of drug-likeness (QED) is 0.632. The van der Waals surface area contributed by atoms with Gasteiger partial charge in [-0.25, -0.2) is 4.98 Å².